The van der Waals surface area contributed by atoms with Crippen LogP contribution in [0.2, 0.25) is 0 Å². The lowest BCUT2D eigenvalue weighted by atomic mass is 10.0. The second-order valence-corrected chi connectivity index (χ2v) is 15.0. The number of hydrogen-bond donors (Lipinski definition) is 2. The molecular formula is C40H78NO7P. The van der Waals surface area contributed by atoms with Gasteiger partial charge < -0.3 is 20.1 Å². The quantitative estimate of drug-likeness (QED) is 0.0279. The second kappa shape index (κ2) is 38.2. The summed E-state index contributed by atoms with van der Waals surface area (Å²) in [5, 5.41) is 0. The van der Waals surface area contributed by atoms with E-state index in [1.165, 1.54) is 122 Å². The molecule has 0 aromatic rings. The predicted octanol–water partition coefficient (Wildman–Crippen LogP) is 11.7. The third-order valence-corrected chi connectivity index (χ3v) is 9.61. The summed E-state index contributed by atoms with van der Waals surface area (Å²) < 4.78 is 33.3. The largest absolute Gasteiger partial charge is 0.472 e. The number of unbranched alkanes of at least 4 members (excludes halogenated alkanes) is 22. The van der Waals surface area contributed by atoms with Crippen LogP contribution in [0.4, 0.5) is 0 Å². The van der Waals surface area contributed by atoms with Gasteiger partial charge in [-0.05, 0) is 44.9 Å². The lowest BCUT2D eigenvalue weighted by Gasteiger charge is -2.20. The van der Waals surface area contributed by atoms with Crippen LogP contribution < -0.4 is 5.73 Å². The van der Waals surface area contributed by atoms with Crippen molar-refractivity contribution in [2.24, 2.45) is 5.73 Å². The van der Waals surface area contributed by atoms with Gasteiger partial charge >= 0.3 is 13.8 Å². The Morgan fingerprint density at radius 3 is 1.61 bits per heavy atom. The standard InChI is InChI=1S/C40H78NO7P/c1-3-5-7-9-11-13-15-17-18-19-20-22-24-26-28-30-32-35-45-37-39(38-47-49(43,44)46-36-34-41)48-40(42)33-31-29-27-25-23-21-16-14-12-10-8-6-4-2/h13,15,18-19,39H,3-12,14,16-17,20-38,41H2,1-2H3,(H,43,44)/b15-13-,19-18-. The first kappa shape index (κ1) is 48.0. The Kier molecular flexibility index (Phi) is 37.4. The summed E-state index contributed by atoms with van der Waals surface area (Å²) in [6.45, 7) is 4.89. The first-order valence-electron chi connectivity index (χ1n) is 20.3. The lowest BCUT2D eigenvalue weighted by Crippen LogP contribution is -2.28. The third kappa shape index (κ3) is 38.1. The number of carbonyl (C=O) groups is 1. The molecule has 0 bridgehead atoms. The number of esters is 1. The second-order valence-electron chi connectivity index (χ2n) is 13.5. The van der Waals surface area contributed by atoms with Crippen molar-refractivity contribution in [3.05, 3.63) is 24.3 Å². The van der Waals surface area contributed by atoms with E-state index < -0.39 is 13.9 Å². The Morgan fingerprint density at radius 1 is 0.612 bits per heavy atom. The van der Waals surface area contributed by atoms with Crippen molar-refractivity contribution in [2.75, 3.05) is 33.0 Å². The van der Waals surface area contributed by atoms with E-state index in [0.717, 1.165) is 44.9 Å². The van der Waals surface area contributed by atoms with Crippen LogP contribution in [-0.4, -0.2) is 49.9 Å². The van der Waals surface area contributed by atoms with Gasteiger partial charge in [-0.3, -0.25) is 13.8 Å². The number of carbonyl (C=O) groups excluding carboxylic acids is 1. The van der Waals surface area contributed by atoms with Gasteiger partial charge in [0.05, 0.1) is 19.8 Å². The molecule has 0 aromatic carbocycles. The molecule has 8 nitrogen and oxygen atoms in total. The number of rotatable bonds is 39. The maximum absolute atomic E-state index is 12.5. The number of phosphoric ester groups is 1. The van der Waals surface area contributed by atoms with E-state index in [9.17, 15) is 14.3 Å². The van der Waals surface area contributed by atoms with Gasteiger partial charge in [-0.2, -0.15) is 0 Å². The molecule has 2 unspecified atom stereocenters. The molecule has 0 radical (unpaired) electrons. The Labute approximate surface area is 302 Å². The summed E-state index contributed by atoms with van der Waals surface area (Å²) in [5.74, 6) is -0.333. The van der Waals surface area contributed by atoms with Crippen molar-refractivity contribution >= 4 is 13.8 Å². The average molecular weight is 716 g/mol. The fraction of sp³-hybridized carbons (Fsp3) is 0.875. The van der Waals surface area contributed by atoms with Gasteiger partial charge in [0.25, 0.3) is 0 Å². The summed E-state index contributed by atoms with van der Waals surface area (Å²) in [6, 6.07) is 0. The van der Waals surface area contributed by atoms with Gasteiger partial charge in [-0.1, -0.05) is 160 Å². The molecule has 2 atom stereocenters. The van der Waals surface area contributed by atoms with Gasteiger partial charge in [0.2, 0.25) is 0 Å². The first-order valence-corrected chi connectivity index (χ1v) is 21.8. The topological polar surface area (TPSA) is 117 Å². The molecule has 0 saturated heterocycles. The zero-order chi connectivity index (χ0) is 35.9. The zero-order valence-corrected chi connectivity index (χ0v) is 32.8. The fourth-order valence-electron chi connectivity index (χ4n) is 5.61. The molecule has 0 aliphatic rings. The van der Waals surface area contributed by atoms with Crippen LogP contribution in [0.25, 0.3) is 0 Å². The highest BCUT2D eigenvalue weighted by Crippen LogP contribution is 2.43. The van der Waals surface area contributed by atoms with E-state index >= 15 is 0 Å². The fourth-order valence-corrected chi connectivity index (χ4v) is 6.38. The van der Waals surface area contributed by atoms with Crippen LogP contribution in [0.3, 0.4) is 0 Å². The minimum atomic E-state index is -4.27. The molecule has 0 spiro atoms. The third-order valence-electron chi connectivity index (χ3n) is 8.62. The minimum Gasteiger partial charge on any atom is -0.457 e. The summed E-state index contributed by atoms with van der Waals surface area (Å²) in [7, 11) is -4.27. The molecule has 49 heavy (non-hydrogen) atoms. The molecule has 0 amide bonds. The van der Waals surface area contributed by atoms with Crippen molar-refractivity contribution in [1.82, 2.24) is 0 Å². The highest BCUT2D eigenvalue weighted by molar-refractivity contribution is 7.47. The molecule has 9 heteroatoms. The molecular weight excluding hydrogens is 637 g/mol. The molecule has 290 valence electrons. The number of phosphoric acid groups is 1. The van der Waals surface area contributed by atoms with Crippen molar-refractivity contribution in [1.29, 1.82) is 0 Å². The normalized spacial score (nSPS) is 13.8. The van der Waals surface area contributed by atoms with Crippen LogP contribution in [0.5, 0.6) is 0 Å². The smallest absolute Gasteiger partial charge is 0.457 e. The molecule has 0 aromatic heterocycles. The number of allylic oxidation sites excluding steroid dienone is 4. The summed E-state index contributed by atoms with van der Waals surface area (Å²) in [5.41, 5.74) is 5.36. The van der Waals surface area contributed by atoms with Gasteiger partial charge in [0, 0.05) is 19.6 Å². The molecule has 3 N–H and O–H groups in total. The Hall–Kier alpha value is -1.02. The molecule has 0 fully saturated rings. The van der Waals surface area contributed by atoms with Crippen molar-refractivity contribution in [3.8, 4) is 0 Å². The van der Waals surface area contributed by atoms with Crippen LogP contribution in [-0.2, 0) is 27.9 Å². The molecule has 0 aliphatic heterocycles. The first-order chi connectivity index (χ1) is 23.9. The van der Waals surface area contributed by atoms with Crippen molar-refractivity contribution in [3.63, 3.8) is 0 Å². The number of ether oxygens (including phenoxy) is 2. The Morgan fingerprint density at radius 2 is 1.08 bits per heavy atom. The Balaban J connectivity index is 4.06. The summed E-state index contributed by atoms with van der Waals surface area (Å²) in [4.78, 5) is 22.4. The van der Waals surface area contributed by atoms with Crippen molar-refractivity contribution < 1.29 is 32.8 Å². The monoisotopic (exact) mass is 716 g/mol. The average Bonchev–Trinajstić information content (AvgIpc) is 3.09. The van der Waals surface area contributed by atoms with E-state index in [2.05, 4.69) is 38.2 Å². The van der Waals surface area contributed by atoms with E-state index in [1.54, 1.807) is 0 Å². The summed E-state index contributed by atoms with van der Waals surface area (Å²) >= 11 is 0. The summed E-state index contributed by atoms with van der Waals surface area (Å²) in [6.07, 6.45) is 40.4. The predicted molar refractivity (Wildman–Crippen MR) is 206 cm³/mol. The molecule has 0 aliphatic carbocycles. The van der Waals surface area contributed by atoms with E-state index in [4.69, 9.17) is 24.3 Å². The molecule has 0 heterocycles. The molecule has 0 saturated carbocycles. The lowest BCUT2D eigenvalue weighted by molar-refractivity contribution is -0.154. The van der Waals surface area contributed by atoms with Crippen LogP contribution in [0.1, 0.15) is 187 Å². The number of hydrogen-bond acceptors (Lipinski definition) is 7. The molecule has 0 rings (SSSR count). The van der Waals surface area contributed by atoms with Gasteiger partial charge in [-0.15, -0.1) is 0 Å². The Bertz CT molecular complexity index is 807. The SMILES string of the molecule is CCCCCC/C=C\C/C=C\CCCCCCCCOCC(COP(=O)(O)OCCN)OC(=O)CCCCCCCCCCCCCCC. The van der Waals surface area contributed by atoms with Gasteiger partial charge in [0.1, 0.15) is 6.10 Å². The van der Waals surface area contributed by atoms with Crippen LogP contribution >= 0.6 is 7.82 Å². The van der Waals surface area contributed by atoms with Gasteiger partial charge in [-0.25, -0.2) is 4.57 Å². The highest BCUT2D eigenvalue weighted by Gasteiger charge is 2.25. The van der Waals surface area contributed by atoms with E-state index in [-0.39, 0.29) is 32.3 Å². The van der Waals surface area contributed by atoms with Crippen LogP contribution in [0, 0.1) is 0 Å². The zero-order valence-electron chi connectivity index (χ0n) is 31.9. The van der Waals surface area contributed by atoms with Gasteiger partial charge in [0.15, 0.2) is 0 Å². The van der Waals surface area contributed by atoms with E-state index in [1.807, 2.05) is 0 Å². The minimum absolute atomic E-state index is 0.0958. The number of nitrogens with two attached hydrogens (primary N) is 1. The maximum atomic E-state index is 12.5. The van der Waals surface area contributed by atoms with E-state index in [0.29, 0.717) is 13.0 Å². The highest BCUT2D eigenvalue weighted by atomic mass is 31.2. The van der Waals surface area contributed by atoms with Crippen molar-refractivity contribution in [2.45, 2.75) is 193 Å². The van der Waals surface area contributed by atoms with Crippen LogP contribution in [0.15, 0.2) is 24.3 Å². The maximum Gasteiger partial charge on any atom is 0.472 e.